The van der Waals surface area contributed by atoms with Crippen LogP contribution in [-0.4, -0.2) is 22.1 Å². The Balaban J connectivity index is 0.000000120. The predicted molar refractivity (Wildman–Crippen MR) is 44.5 cm³/mol. The van der Waals surface area contributed by atoms with Crippen molar-refractivity contribution in [3.63, 3.8) is 0 Å². The van der Waals surface area contributed by atoms with Crippen LogP contribution in [0.3, 0.4) is 0 Å². The fourth-order valence-corrected chi connectivity index (χ4v) is 0.554. The van der Waals surface area contributed by atoms with E-state index >= 15 is 0 Å². The number of pyridine rings is 1. The Morgan fingerprint density at radius 1 is 1.75 bits per heavy atom. The third-order valence-corrected chi connectivity index (χ3v) is 1.36. The zero-order chi connectivity index (χ0) is 9.14. The van der Waals surface area contributed by atoms with Gasteiger partial charge in [-0.3, -0.25) is 9.78 Å². The molecule has 0 radical (unpaired) electrons. The standard InChI is InChI=1S/C5H3N.C3H7NO2/c1-2-6-5-3-4(1)5;1-2(4)3(5)6/h1-3H;2H,4H2,1H3,(H,5,6). The number of carboxylic acid groups (broad SMARTS) is 1. The Hall–Kier alpha value is -1.42. The summed E-state index contributed by atoms with van der Waals surface area (Å²) in [5, 5.41) is 7.87. The van der Waals surface area contributed by atoms with Crippen LogP contribution in [0, 0.1) is 0 Å². The monoisotopic (exact) mass is 166 g/mol. The lowest BCUT2D eigenvalue weighted by molar-refractivity contribution is -0.138. The molecule has 2 rings (SSSR count). The van der Waals surface area contributed by atoms with Gasteiger partial charge >= 0.3 is 5.97 Å². The van der Waals surface area contributed by atoms with Crippen molar-refractivity contribution in [3.8, 4) is 11.3 Å². The van der Waals surface area contributed by atoms with Gasteiger partial charge < -0.3 is 10.8 Å². The Morgan fingerprint density at radius 2 is 2.33 bits per heavy atom. The largest absolute Gasteiger partial charge is 0.480 e. The molecule has 12 heavy (non-hydrogen) atoms. The number of rotatable bonds is 1. The smallest absolute Gasteiger partial charge is 0.320 e. The molecular weight excluding hydrogens is 156 g/mol. The Labute approximate surface area is 70.0 Å². The molecular formula is C8H10N2O2. The summed E-state index contributed by atoms with van der Waals surface area (Å²) in [6.45, 7) is 1.42. The van der Waals surface area contributed by atoms with E-state index in [2.05, 4.69) is 11.1 Å². The molecule has 0 amide bonds. The minimum Gasteiger partial charge on any atom is -0.480 e. The highest BCUT2D eigenvalue weighted by atomic mass is 16.4. The molecule has 0 aromatic rings. The summed E-state index contributed by atoms with van der Waals surface area (Å²) in [5.41, 5.74) is 7.33. The van der Waals surface area contributed by atoms with E-state index in [9.17, 15) is 4.79 Å². The predicted octanol–water partition coefficient (Wildman–Crippen LogP) is 0.480. The molecule has 1 unspecified atom stereocenters. The first-order valence-electron chi connectivity index (χ1n) is 3.56. The quantitative estimate of drug-likeness (QED) is 0.646. The van der Waals surface area contributed by atoms with Crippen LogP contribution in [0.4, 0.5) is 0 Å². The van der Waals surface area contributed by atoms with Crippen molar-refractivity contribution < 1.29 is 9.90 Å². The van der Waals surface area contributed by atoms with E-state index in [1.807, 2.05) is 12.3 Å². The van der Waals surface area contributed by atoms with Gasteiger partial charge in [0.05, 0.1) is 5.69 Å². The fraction of sp³-hybridized carbons (Fsp3) is 0.250. The van der Waals surface area contributed by atoms with E-state index in [0.717, 1.165) is 0 Å². The molecule has 0 spiro atoms. The van der Waals surface area contributed by atoms with Crippen molar-refractivity contribution in [1.82, 2.24) is 4.98 Å². The maximum Gasteiger partial charge on any atom is 0.320 e. The molecule has 0 saturated carbocycles. The summed E-state index contributed by atoms with van der Waals surface area (Å²) < 4.78 is 0. The number of fused-ring (bicyclic) bond motifs is 1. The van der Waals surface area contributed by atoms with Crippen LogP contribution in [-0.2, 0) is 4.79 Å². The van der Waals surface area contributed by atoms with Gasteiger partial charge in [0.2, 0.25) is 0 Å². The minimum atomic E-state index is -0.963. The molecule has 2 aliphatic rings. The molecule has 1 aliphatic carbocycles. The van der Waals surface area contributed by atoms with Gasteiger partial charge in [-0.1, -0.05) is 0 Å². The van der Waals surface area contributed by atoms with Crippen molar-refractivity contribution >= 4 is 5.97 Å². The van der Waals surface area contributed by atoms with E-state index in [1.165, 1.54) is 18.2 Å². The molecule has 0 saturated heterocycles. The van der Waals surface area contributed by atoms with Gasteiger partial charge in [-0.2, -0.15) is 0 Å². The molecule has 4 nitrogen and oxygen atoms in total. The average molecular weight is 166 g/mol. The number of hydrogen-bond acceptors (Lipinski definition) is 3. The van der Waals surface area contributed by atoms with Crippen LogP contribution in [0.1, 0.15) is 6.92 Å². The molecule has 64 valence electrons. The first kappa shape index (κ1) is 8.67. The van der Waals surface area contributed by atoms with Gasteiger partial charge in [0.15, 0.2) is 0 Å². The number of aliphatic carboxylic acids is 1. The molecule has 1 atom stereocenters. The van der Waals surface area contributed by atoms with Crippen LogP contribution < -0.4 is 5.73 Å². The third-order valence-electron chi connectivity index (χ3n) is 1.36. The topological polar surface area (TPSA) is 76.2 Å². The molecule has 0 fully saturated rings. The summed E-state index contributed by atoms with van der Waals surface area (Å²) in [7, 11) is 0. The van der Waals surface area contributed by atoms with Crippen LogP contribution in [0.25, 0.3) is 11.3 Å². The van der Waals surface area contributed by atoms with Crippen molar-refractivity contribution in [2.24, 2.45) is 5.73 Å². The second-order valence-electron chi connectivity index (χ2n) is 2.56. The van der Waals surface area contributed by atoms with Crippen LogP contribution in [0.5, 0.6) is 0 Å². The first-order valence-corrected chi connectivity index (χ1v) is 3.56. The highest BCUT2D eigenvalue weighted by molar-refractivity contribution is 5.75. The molecule has 0 aromatic carbocycles. The van der Waals surface area contributed by atoms with Crippen molar-refractivity contribution in [3.05, 3.63) is 18.3 Å². The van der Waals surface area contributed by atoms with E-state index in [1.54, 1.807) is 0 Å². The molecule has 0 aromatic heterocycles. The number of nitrogens with zero attached hydrogens (tertiary/aromatic N) is 1. The Kier molecular flexibility index (Phi) is 2.40. The normalized spacial score (nSPS) is 12.5. The Morgan fingerprint density at radius 3 is 2.42 bits per heavy atom. The zero-order valence-electron chi connectivity index (χ0n) is 6.69. The zero-order valence-corrected chi connectivity index (χ0v) is 6.69. The average Bonchev–Trinajstić information content (AvgIpc) is 2.60. The molecule has 1 heterocycles. The molecule has 0 bridgehead atoms. The van der Waals surface area contributed by atoms with Gasteiger partial charge in [-0.15, -0.1) is 0 Å². The van der Waals surface area contributed by atoms with Gasteiger partial charge in [-0.25, -0.2) is 0 Å². The fourth-order valence-electron chi connectivity index (χ4n) is 0.554. The summed E-state index contributed by atoms with van der Waals surface area (Å²) in [5.74, 6) is -0.963. The van der Waals surface area contributed by atoms with Gasteiger partial charge in [0, 0.05) is 11.8 Å². The second kappa shape index (κ2) is 3.32. The maximum atomic E-state index is 9.57. The molecule has 1 aliphatic heterocycles. The van der Waals surface area contributed by atoms with E-state index in [4.69, 9.17) is 10.8 Å². The van der Waals surface area contributed by atoms with Crippen molar-refractivity contribution in [2.45, 2.75) is 13.0 Å². The summed E-state index contributed by atoms with van der Waals surface area (Å²) in [4.78, 5) is 13.5. The van der Waals surface area contributed by atoms with Crippen LogP contribution in [0.2, 0.25) is 0 Å². The number of hydrogen-bond donors (Lipinski definition) is 2. The lowest BCUT2D eigenvalue weighted by Gasteiger charge is -1.90. The van der Waals surface area contributed by atoms with E-state index in [0.29, 0.717) is 0 Å². The van der Waals surface area contributed by atoms with Crippen LogP contribution in [0.15, 0.2) is 18.3 Å². The van der Waals surface area contributed by atoms with Crippen molar-refractivity contribution in [2.75, 3.05) is 0 Å². The second-order valence-corrected chi connectivity index (χ2v) is 2.56. The number of carbonyl (C=O) groups is 1. The summed E-state index contributed by atoms with van der Waals surface area (Å²) >= 11 is 0. The maximum absolute atomic E-state index is 9.57. The highest BCUT2D eigenvalue weighted by Gasteiger charge is 2.09. The lowest BCUT2D eigenvalue weighted by Crippen LogP contribution is -2.25. The number of aromatic nitrogens is 1. The highest BCUT2D eigenvalue weighted by Crippen LogP contribution is 2.29. The van der Waals surface area contributed by atoms with Gasteiger partial charge in [-0.05, 0) is 19.1 Å². The number of carboxylic acids is 1. The van der Waals surface area contributed by atoms with E-state index in [-0.39, 0.29) is 0 Å². The molecule has 4 heteroatoms. The van der Waals surface area contributed by atoms with E-state index < -0.39 is 12.0 Å². The third kappa shape index (κ3) is 2.32. The summed E-state index contributed by atoms with van der Waals surface area (Å²) in [6.07, 6.45) is 1.82. The number of nitrogens with two attached hydrogens (primary N) is 1. The molecule has 3 N–H and O–H groups in total. The minimum absolute atomic E-state index is 0.731. The SMILES string of the molecule is CC(N)C(=O)O.c1cc2cc-2n1. The van der Waals surface area contributed by atoms with Crippen LogP contribution >= 0.6 is 0 Å². The van der Waals surface area contributed by atoms with Gasteiger partial charge in [0.1, 0.15) is 6.04 Å². The van der Waals surface area contributed by atoms with Gasteiger partial charge in [0.25, 0.3) is 0 Å². The first-order chi connectivity index (χ1) is 5.61. The lowest BCUT2D eigenvalue weighted by atomic mass is 10.4. The summed E-state index contributed by atoms with van der Waals surface area (Å²) in [6, 6.07) is 3.33. The van der Waals surface area contributed by atoms with Crippen molar-refractivity contribution in [1.29, 1.82) is 0 Å². The Bertz CT molecular complexity index is 280.